The Labute approximate surface area is 174 Å². The zero-order chi connectivity index (χ0) is 19.7. The van der Waals surface area contributed by atoms with Crippen LogP contribution in [0.25, 0.3) is 58.9 Å². The van der Waals surface area contributed by atoms with Crippen LogP contribution in [0.2, 0.25) is 0 Å². The highest BCUT2D eigenvalue weighted by Gasteiger charge is 2.17. The minimum atomic E-state index is -0.525. The van der Waals surface area contributed by atoms with E-state index in [2.05, 4.69) is 108 Å². The summed E-state index contributed by atoms with van der Waals surface area (Å²) < 4.78 is 0. The number of fused-ring (bicyclic) bond motifs is 8. The molecule has 1 N–H and O–H groups in total. The molecule has 1 unspecified atom stereocenters. The third kappa shape index (κ3) is 2.13. The van der Waals surface area contributed by atoms with E-state index < -0.39 is 7.53 Å². The maximum atomic E-state index is 3.79. The van der Waals surface area contributed by atoms with Crippen LogP contribution in [-0.2, 0) is 0 Å². The fraction of sp³-hybridized carbons (Fsp3) is 0. The summed E-state index contributed by atoms with van der Waals surface area (Å²) in [6.45, 7) is 0. The van der Waals surface area contributed by atoms with Crippen molar-refractivity contribution in [1.82, 2.24) is 4.98 Å². The Kier molecular flexibility index (Phi) is 3.25. The Morgan fingerprint density at radius 1 is 0.533 bits per heavy atom. The lowest BCUT2D eigenvalue weighted by Gasteiger charge is -2.03. The second-order valence-corrected chi connectivity index (χ2v) is 10.1. The highest BCUT2D eigenvalue weighted by atomic mass is 31.1. The number of aromatic nitrogens is 1. The molecule has 0 bridgehead atoms. The van der Waals surface area contributed by atoms with Gasteiger partial charge in [0.1, 0.15) is 0 Å². The average molecular weight is 399 g/mol. The normalized spacial score (nSPS) is 12.6. The molecule has 0 fully saturated rings. The van der Waals surface area contributed by atoms with Crippen LogP contribution in [0.3, 0.4) is 0 Å². The number of rotatable bonds is 1. The largest absolute Gasteiger partial charge is 0.354 e. The molecule has 0 aliphatic heterocycles. The number of benzene rings is 5. The molecule has 0 saturated heterocycles. The molecule has 2 heteroatoms. The van der Waals surface area contributed by atoms with Gasteiger partial charge >= 0.3 is 0 Å². The smallest absolute Gasteiger partial charge is 0.0554 e. The molecule has 0 aliphatic rings. The summed E-state index contributed by atoms with van der Waals surface area (Å²) in [4.78, 5) is 3.79. The van der Waals surface area contributed by atoms with Gasteiger partial charge in [-0.25, -0.2) is 0 Å². The molecule has 140 valence electrons. The van der Waals surface area contributed by atoms with Gasteiger partial charge in [0.05, 0.1) is 5.52 Å². The molecular formula is C28H18NP. The molecule has 2 heterocycles. The van der Waals surface area contributed by atoms with Crippen LogP contribution in [0.15, 0.2) is 103 Å². The number of hydrogen-bond donors (Lipinski definition) is 1. The van der Waals surface area contributed by atoms with E-state index in [1.54, 1.807) is 0 Å². The van der Waals surface area contributed by atoms with E-state index in [9.17, 15) is 0 Å². The standard InChI is InChI=1S/C28H18NP/c1-2-10-20(11-3-1)30-25-13-7-6-12-22(25)27-26(30)15-14-21-23-16-18-8-4-5-9-19(18)17-24(23)29-28(21)27/h1-17,29H. The van der Waals surface area contributed by atoms with Gasteiger partial charge in [0.2, 0.25) is 0 Å². The van der Waals surface area contributed by atoms with E-state index in [1.165, 1.54) is 58.9 Å². The second-order valence-electron chi connectivity index (χ2n) is 7.94. The third-order valence-electron chi connectivity index (χ3n) is 6.29. The fourth-order valence-corrected chi connectivity index (χ4v) is 7.60. The van der Waals surface area contributed by atoms with E-state index in [0.717, 1.165) is 0 Å². The predicted octanol–water partition coefficient (Wildman–Crippen LogP) is 8.76. The summed E-state index contributed by atoms with van der Waals surface area (Å²) in [5.74, 6) is 0. The van der Waals surface area contributed by atoms with Gasteiger partial charge in [-0.05, 0) is 39.7 Å². The van der Waals surface area contributed by atoms with Crippen LogP contribution >= 0.6 is 7.53 Å². The van der Waals surface area contributed by atoms with Gasteiger partial charge in [-0.1, -0.05) is 92.5 Å². The lowest BCUT2D eigenvalue weighted by atomic mass is 10.0. The lowest BCUT2D eigenvalue weighted by molar-refractivity contribution is 1.58. The molecule has 5 aromatic carbocycles. The van der Waals surface area contributed by atoms with Crippen molar-refractivity contribution >= 4 is 61.1 Å². The van der Waals surface area contributed by atoms with Crippen molar-refractivity contribution in [2.75, 3.05) is 0 Å². The summed E-state index contributed by atoms with van der Waals surface area (Å²) in [6, 6.07) is 37.9. The van der Waals surface area contributed by atoms with Gasteiger partial charge in [0.25, 0.3) is 0 Å². The maximum absolute atomic E-state index is 3.79. The van der Waals surface area contributed by atoms with Crippen molar-refractivity contribution < 1.29 is 0 Å². The molecule has 0 saturated carbocycles. The lowest BCUT2D eigenvalue weighted by Crippen LogP contribution is -1.72. The highest BCUT2D eigenvalue weighted by Crippen LogP contribution is 2.56. The van der Waals surface area contributed by atoms with Crippen LogP contribution < -0.4 is 0 Å². The third-order valence-corrected chi connectivity index (χ3v) is 8.83. The molecule has 0 amide bonds. The van der Waals surface area contributed by atoms with Crippen molar-refractivity contribution in [3.05, 3.63) is 103 Å². The quantitative estimate of drug-likeness (QED) is 0.284. The summed E-state index contributed by atoms with van der Waals surface area (Å²) in [5.41, 5.74) is 2.48. The Bertz CT molecular complexity index is 1740. The first kappa shape index (κ1) is 16.3. The first-order chi connectivity index (χ1) is 14.9. The van der Waals surface area contributed by atoms with Crippen molar-refractivity contribution in [3.63, 3.8) is 0 Å². The summed E-state index contributed by atoms with van der Waals surface area (Å²) in [7, 11) is -0.525. The van der Waals surface area contributed by atoms with Crippen LogP contribution in [0.5, 0.6) is 0 Å². The predicted molar refractivity (Wildman–Crippen MR) is 132 cm³/mol. The highest BCUT2D eigenvalue weighted by molar-refractivity contribution is 7.68. The molecule has 7 aromatic rings. The van der Waals surface area contributed by atoms with Crippen LogP contribution in [0.4, 0.5) is 0 Å². The van der Waals surface area contributed by atoms with Crippen LogP contribution in [0.1, 0.15) is 0 Å². The molecule has 1 atom stereocenters. The molecular weight excluding hydrogens is 381 g/mol. The first-order valence-electron chi connectivity index (χ1n) is 10.3. The van der Waals surface area contributed by atoms with Crippen LogP contribution in [-0.4, -0.2) is 4.98 Å². The van der Waals surface area contributed by atoms with Crippen molar-refractivity contribution in [2.24, 2.45) is 0 Å². The Morgan fingerprint density at radius 3 is 2.13 bits per heavy atom. The summed E-state index contributed by atoms with van der Waals surface area (Å²) >= 11 is 0. The van der Waals surface area contributed by atoms with E-state index in [-0.39, 0.29) is 0 Å². The van der Waals surface area contributed by atoms with Crippen molar-refractivity contribution in [3.8, 4) is 5.30 Å². The van der Waals surface area contributed by atoms with Crippen molar-refractivity contribution in [2.45, 2.75) is 0 Å². The molecule has 30 heavy (non-hydrogen) atoms. The van der Waals surface area contributed by atoms with Crippen molar-refractivity contribution in [1.29, 1.82) is 0 Å². The number of H-pyrrole nitrogens is 1. The molecule has 0 spiro atoms. The topological polar surface area (TPSA) is 15.8 Å². The van der Waals surface area contributed by atoms with Gasteiger partial charge in [-0.3, -0.25) is 0 Å². The van der Waals surface area contributed by atoms with Gasteiger partial charge < -0.3 is 4.98 Å². The van der Waals surface area contributed by atoms with Crippen LogP contribution in [0, 0.1) is 0 Å². The molecule has 0 aliphatic carbocycles. The van der Waals surface area contributed by atoms with E-state index >= 15 is 0 Å². The second kappa shape index (κ2) is 5.98. The minimum Gasteiger partial charge on any atom is -0.354 e. The molecule has 2 aromatic heterocycles. The van der Waals surface area contributed by atoms with Gasteiger partial charge in [0.15, 0.2) is 0 Å². The van der Waals surface area contributed by atoms with E-state index in [0.29, 0.717) is 0 Å². The zero-order valence-corrected chi connectivity index (χ0v) is 17.2. The van der Waals surface area contributed by atoms with E-state index in [1.807, 2.05) is 0 Å². The average Bonchev–Trinajstić information content (AvgIpc) is 3.33. The molecule has 0 radical (unpaired) electrons. The minimum absolute atomic E-state index is 0.525. The summed E-state index contributed by atoms with van der Waals surface area (Å²) in [5, 5.41) is 12.3. The Morgan fingerprint density at radius 2 is 1.27 bits per heavy atom. The Hall–Kier alpha value is -3.54. The fourth-order valence-electron chi connectivity index (χ4n) is 4.97. The number of nitrogens with one attached hydrogen (secondary N) is 1. The van der Waals surface area contributed by atoms with E-state index in [4.69, 9.17) is 0 Å². The monoisotopic (exact) mass is 399 g/mol. The van der Waals surface area contributed by atoms with Gasteiger partial charge in [-0.15, -0.1) is 0 Å². The number of hydrogen-bond acceptors (Lipinski definition) is 0. The maximum Gasteiger partial charge on any atom is 0.0554 e. The zero-order valence-electron chi connectivity index (χ0n) is 16.3. The molecule has 7 rings (SSSR count). The Balaban J connectivity index is 1.70. The SMILES string of the molecule is c1ccc(-p2c3ccccc3c3c4[nH]c5cc6ccccc6cc5c4ccc32)cc1. The van der Waals surface area contributed by atoms with Gasteiger partial charge in [0, 0.05) is 31.9 Å². The first-order valence-corrected chi connectivity index (χ1v) is 11.6. The summed E-state index contributed by atoms with van der Waals surface area (Å²) in [6.07, 6.45) is 0. The van der Waals surface area contributed by atoms with Gasteiger partial charge in [-0.2, -0.15) is 0 Å². The molecule has 1 nitrogen and oxygen atoms in total. The number of aromatic amines is 1.